The molecule has 0 bridgehead atoms. The normalized spacial score (nSPS) is 17.3. The van der Waals surface area contributed by atoms with E-state index in [1.165, 1.54) is 0 Å². The molecule has 1 aliphatic rings. The second-order valence-corrected chi connectivity index (χ2v) is 1.02. The van der Waals surface area contributed by atoms with Crippen LogP contribution in [0.4, 0.5) is 0 Å². The van der Waals surface area contributed by atoms with Gasteiger partial charge in [0.05, 0.1) is 0 Å². The van der Waals surface area contributed by atoms with Gasteiger partial charge in [-0.15, -0.1) is 0 Å². The van der Waals surface area contributed by atoms with E-state index in [2.05, 4.69) is 4.99 Å². The van der Waals surface area contributed by atoms with Crippen molar-refractivity contribution < 1.29 is 9.73 Å². The van der Waals surface area contributed by atoms with Gasteiger partial charge in [0.2, 0.25) is 0 Å². The largest absolute Gasteiger partial charge is 0.446 e. The Morgan fingerprint density at radius 3 is 2.83 bits per heavy atom. The number of rotatable bonds is 0. The summed E-state index contributed by atoms with van der Waals surface area (Å²) in [7, 11) is 0. The molecule has 0 aliphatic carbocycles. The van der Waals surface area contributed by atoms with Gasteiger partial charge in [-0.3, -0.25) is 0 Å². The highest BCUT2D eigenvalue weighted by atomic mass is 16.5. The lowest BCUT2D eigenvalue weighted by Gasteiger charge is -1.88. The maximum absolute atomic E-state index is 4.75. The average Bonchev–Trinajstić information content (AvgIpc) is 1.72. The molecule has 1 rings (SSSR count). The molecule has 2 nitrogen and oxygen atoms in total. The molecule has 0 spiro atoms. The molecule has 0 aromatic heterocycles. The molecule has 0 amide bonds. The molecule has 0 aromatic carbocycles. The van der Waals surface area contributed by atoms with Crippen LogP contribution in [-0.4, -0.2) is 13.0 Å². The van der Waals surface area contributed by atoms with Crippen molar-refractivity contribution in [3.8, 4) is 0 Å². The average molecular weight is 84.1 g/mol. The van der Waals surface area contributed by atoms with E-state index in [4.69, 9.17) is 4.74 Å². The fraction of sp³-hybridized carbons (Fsp3) is 0.250. The van der Waals surface area contributed by atoms with E-state index in [0.717, 1.165) is 0 Å². The summed E-state index contributed by atoms with van der Waals surface area (Å²) in [4.78, 5) is 2.76. The maximum atomic E-state index is 4.75. The summed E-state index contributed by atoms with van der Waals surface area (Å²) in [5, 5.41) is 0. The van der Waals surface area contributed by atoms with E-state index in [1.807, 2.05) is 12.3 Å². The lowest BCUT2D eigenvalue weighted by Crippen LogP contribution is -2.63. The quantitative estimate of drug-likeness (QED) is 0.385. The summed E-state index contributed by atoms with van der Waals surface area (Å²) in [5.74, 6) is 0. The van der Waals surface area contributed by atoms with Crippen LogP contribution in [0.3, 0.4) is 0 Å². The van der Waals surface area contributed by atoms with E-state index in [1.54, 1.807) is 6.40 Å². The third-order valence-electron chi connectivity index (χ3n) is 0.558. The van der Waals surface area contributed by atoms with Crippen molar-refractivity contribution in [2.45, 2.75) is 0 Å². The summed E-state index contributed by atoms with van der Waals surface area (Å²) in [6.45, 7) is 0.701. The molecule has 0 unspecified atom stereocenters. The van der Waals surface area contributed by atoms with E-state index in [0.29, 0.717) is 6.61 Å². The first-order valence-electron chi connectivity index (χ1n) is 1.84. The molecule has 0 fully saturated rings. The molecule has 6 heavy (non-hydrogen) atoms. The highest BCUT2D eigenvalue weighted by Gasteiger charge is 1.83. The van der Waals surface area contributed by atoms with E-state index >= 15 is 0 Å². The monoisotopic (exact) mass is 84.0 g/mol. The molecule has 0 saturated heterocycles. The number of hydrogen-bond acceptors (Lipinski definition) is 1. The van der Waals surface area contributed by atoms with Crippen LogP contribution in [0.2, 0.25) is 0 Å². The second kappa shape index (κ2) is 1.60. The minimum absolute atomic E-state index is 0.701. The van der Waals surface area contributed by atoms with Crippen molar-refractivity contribution in [1.82, 2.24) is 0 Å². The van der Waals surface area contributed by atoms with Crippen molar-refractivity contribution in [3.63, 3.8) is 0 Å². The van der Waals surface area contributed by atoms with Crippen molar-refractivity contribution in [3.05, 3.63) is 12.3 Å². The first kappa shape index (κ1) is 3.40. The predicted octanol–water partition coefficient (Wildman–Crippen LogP) is -1.36. The van der Waals surface area contributed by atoms with Gasteiger partial charge in [-0.05, 0) is 0 Å². The van der Waals surface area contributed by atoms with Crippen molar-refractivity contribution in [2.24, 2.45) is 0 Å². The Labute approximate surface area is 36.1 Å². The summed E-state index contributed by atoms with van der Waals surface area (Å²) >= 11 is 0. The summed E-state index contributed by atoms with van der Waals surface area (Å²) < 4.78 is 4.75. The molecule has 0 radical (unpaired) electrons. The highest BCUT2D eigenvalue weighted by molar-refractivity contribution is 5.39. The zero-order valence-electron chi connectivity index (χ0n) is 3.35. The lowest BCUT2D eigenvalue weighted by molar-refractivity contribution is -0.382. The van der Waals surface area contributed by atoms with Crippen LogP contribution in [0, 0.1) is 0 Å². The van der Waals surface area contributed by atoms with Crippen LogP contribution in [-0.2, 0) is 4.74 Å². The van der Waals surface area contributed by atoms with Crippen LogP contribution in [0.15, 0.2) is 12.3 Å². The Balaban J connectivity index is 2.46. The fourth-order valence-corrected chi connectivity index (χ4v) is 0.307. The molecule has 1 aliphatic heterocycles. The molecular weight excluding hydrogens is 78.0 g/mol. The minimum Gasteiger partial charge on any atom is -0.446 e. The molecule has 1 N–H and O–H groups in total. The van der Waals surface area contributed by atoms with Crippen LogP contribution < -0.4 is 4.99 Å². The van der Waals surface area contributed by atoms with E-state index in [9.17, 15) is 0 Å². The van der Waals surface area contributed by atoms with Crippen LogP contribution in [0.25, 0.3) is 0 Å². The molecule has 1 heterocycles. The first-order valence-corrected chi connectivity index (χ1v) is 1.84. The Morgan fingerprint density at radius 2 is 2.67 bits per heavy atom. The van der Waals surface area contributed by atoms with Crippen molar-refractivity contribution >= 4 is 6.40 Å². The Bertz CT molecular complexity index is 73.5. The Morgan fingerprint density at radius 1 is 1.67 bits per heavy atom. The number of hydrogen-bond donors (Lipinski definition) is 1. The van der Waals surface area contributed by atoms with Gasteiger partial charge in [-0.1, -0.05) is 0 Å². The maximum Gasteiger partial charge on any atom is 0.327 e. The topological polar surface area (TPSA) is 23.2 Å². The SMILES string of the molecule is C1=C[NH+]=COC1. The standard InChI is InChI=1S/C4H5NO/c1-2-5-4-6-3-1/h1-2,4H,3H2/p+1. The van der Waals surface area contributed by atoms with Crippen LogP contribution in [0.5, 0.6) is 0 Å². The zero-order chi connectivity index (χ0) is 4.24. The third-order valence-corrected chi connectivity index (χ3v) is 0.558. The molecule has 32 valence electrons. The minimum atomic E-state index is 0.701. The lowest BCUT2D eigenvalue weighted by atomic mass is 10.6. The number of nitrogens with one attached hydrogen (secondary N) is 1. The number of ether oxygens (including phenoxy) is 1. The van der Waals surface area contributed by atoms with E-state index in [-0.39, 0.29) is 0 Å². The van der Waals surface area contributed by atoms with Gasteiger partial charge < -0.3 is 4.74 Å². The van der Waals surface area contributed by atoms with Gasteiger partial charge in [0.25, 0.3) is 0 Å². The highest BCUT2D eigenvalue weighted by Crippen LogP contribution is 1.67. The zero-order valence-corrected chi connectivity index (χ0v) is 3.35. The van der Waals surface area contributed by atoms with Crippen LogP contribution in [0.1, 0.15) is 0 Å². The van der Waals surface area contributed by atoms with Gasteiger partial charge in [0.1, 0.15) is 6.61 Å². The Kier molecular flexibility index (Phi) is 0.906. The molecule has 0 saturated carbocycles. The van der Waals surface area contributed by atoms with E-state index < -0.39 is 0 Å². The summed E-state index contributed by atoms with van der Waals surface area (Å²) in [6, 6.07) is 0. The second-order valence-electron chi connectivity index (χ2n) is 1.02. The van der Waals surface area contributed by atoms with Gasteiger partial charge in [0, 0.05) is 6.08 Å². The third kappa shape index (κ3) is 0.578. The first-order chi connectivity index (χ1) is 3.00. The van der Waals surface area contributed by atoms with Gasteiger partial charge in [-0.25, -0.2) is 0 Å². The Hall–Kier alpha value is -0.790. The van der Waals surface area contributed by atoms with Gasteiger partial charge in [-0.2, -0.15) is 4.99 Å². The fourth-order valence-electron chi connectivity index (χ4n) is 0.307. The van der Waals surface area contributed by atoms with Crippen LogP contribution >= 0.6 is 0 Å². The molecule has 2 heteroatoms. The smallest absolute Gasteiger partial charge is 0.327 e. The summed E-state index contributed by atoms with van der Waals surface area (Å²) in [5.41, 5.74) is 0. The van der Waals surface area contributed by atoms with Gasteiger partial charge in [0.15, 0.2) is 6.20 Å². The molecule has 0 aromatic rings. The van der Waals surface area contributed by atoms with Crippen molar-refractivity contribution in [1.29, 1.82) is 0 Å². The summed E-state index contributed by atoms with van der Waals surface area (Å²) in [6.07, 6.45) is 5.30. The van der Waals surface area contributed by atoms with Gasteiger partial charge >= 0.3 is 6.40 Å². The molecular formula is C4H6NO+. The molecule has 0 atom stereocenters. The van der Waals surface area contributed by atoms with Crippen molar-refractivity contribution in [2.75, 3.05) is 6.61 Å². The predicted molar refractivity (Wildman–Crippen MR) is 22.1 cm³/mol.